The molecular formula is C19H39N5O. The van der Waals surface area contributed by atoms with Gasteiger partial charge in [-0.3, -0.25) is 9.89 Å². The SMILES string of the molecule is CN=C(NCCN(C)C1CCCCC1)NCC(C)(C)N1CCOCC1. The molecule has 0 aromatic heterocycles. The fraction of sp³-hybridized carbons (Fsp3) is 0.947. The van der Waals surface area contributed by atoms with Crippen molar-refractivity contribution in [1.82, 2.24) is 20.4 Å². The summed E-state index contributed by atoms with van der Waals surface area (Å²) in [5, 5.41) is 6.97. The number of hydrogen-bond donors (Lipinski definition) is 2. The van der Waals surface area contributed by atoms with Crippen molar-refractivity contribution in [3.8, 4) is 0 Å². The zero-order valence-corrected chi connectivity index (χ0v) is 16.8. The summed E-state index contributed by atoms with van der Waals surface area (Å²) < 4.78 is 5.46. The van der Waals surface area contributed by atoms with Crippen LogP contribution in [0.1, 0.15) is 46.0 Å². The molecule has 0 spiro atoms. The molecule has 6 nitrogen and oxygen atoms in total. The molecule has 0 radical (unpaired) electrons. The van der Waals surface area contributed by atoms with Gasteiger partial charge in [0.05, 0.1) is 13.2 Å². The third-order valence-electron chi connectivity index (χ3n) is 5.73. The predicted molar refractivity (Wildman–Crippen MR) is 105 cm³/mol. The number of aliphatic imine (C=N–C) groups is 1. The molecule has 1 aliphatic carbocycles. The minimum atomic E-state index is 0.0975. The minimum absolute atomic E-state index is 0.0975. The van der Waals surface area contributed by atoms with Crippen LogP contribution in [0.4, 0.5) is 0 Å². The van der Waals surface area contributed by atoms with Crippen molar-refractivity contribution in [2.75, 3.05) is 60.0 Å². The maximum absolute atomic E-state index is 5.46. The molecule has 1 heterocycles. The van der Waals surface area contributed by atoms with Crippen LogP contribution in [0.2, 0.25) is 0 Å². The Morgan fingerprint density at radius 3 is 2.48 bits per heavy atom. The minimum Gasteiger partial charge on any atom is -0.379 e. The molecule has 0 aromatic rings. The van der Waals surface area contributed by atoms with E-state index in [-0.39, 0.29) is 5.54 Å². The van der Waals surface area contributed by atoms with Gasteiger partial charge in [-0.1, -0.05) is 19.3 Å². The Labute approximate surface area is 154 Å². The molecule has 2 aliphatic rings. The van der Waals surface area contributed by atoms with Gasteiger partial charge in [0.25, 0.3) is 0 Å². The number of nitrogens with zero attached hydrogens (tertiary/aromatic N) is 3. The standard InChI is InChI=1S/C19H39N5O/c1-19(2,24-12-14-25-15-13-24)16-22-18(20-3)21-10-11-23(4)17-8-6-5-7-9-17/h17H,5-16H2,1-4H3,(H2,20,21,22). The highest BCUT2D eigenvalue weighted by Gasteiger charge is 2.28. The first-order chi connectivity index (χ1) is 12.0. The van der Waals surface area contributed by atoms with Crippen LogP contribution in [0.25, 0.3) is 0 Å². The molecule has 2 fully saturated rings. The van der Waals surface area contributed by atoms with Crippen LogP contribution >= 0.6 is 0 Å². The molecule has 0 unspecified atom stereocenters. The molecule has 0 aromatic carbocycles. The first-order valence-electron chi connectivity index (χ1n) is 10.0. The zero-order valence-electron chi connectivity index (χ0n) is 16.8. The number of rotatable bonds is 7. The fourth-order valence-corrected chi connectivity index (χ4v) is 3.86. The van der Waals surface area contributed by atoms with Gasteiger partial charge in [0.15, 0.2) is 5.96 Å². The lowest BCUT2D eigenvalue weighted by Crippen LogP contribution is -2.56. The average Bonchev–Trinajstić information content (AvgIpc) is 2.65. The van der Waals surface area contributed by atoms with Gasteiger partial charge in [0, 0.05) is 51.4 Å². The van der Waals surface area contributed by atoms with Gasteiger partial charge in [-0.2, -0.15) is 0 Å². The van der Waals surface area contributed by atoms with E-state index >= 15 is 0 Å². The highest BCUT2D eigenvalue weighted by molar-refractivity contribution is 5.79. The summed E-state index contributed by atoms with van der Waals surface area (Å²) in [6.07, 6.45) is 6.91. The normalized spacial score (nSPS) is 21.6. The van der Waals surface area contributed by atoms with Gasteiger partial charge in [-0.15, -0.1) is 0 Å². The quantitative estimate of drug-likeness (QED) is 0.537. The van der Waals surface area contributed by atoms with Crippen molar-refractivity contribution >= 4 is 5.96 Å². The lowest BCUT2D eigenvalue weighted by molar-refractivity contribution is -0.00834. The monoisotopic (exact) mass is 353 g/mol. The van der Waals surface area contributed by atoms with E-state index in [0.717, 1.165) is 57.9 Å². The van der Waals surface area contributed by atoms with Crippen LogP contribution in [-0.4, -0.2) is 87.4 Å². The lowest BCUT2D eigenvalue weighted by Gasteiger charge is -2.41. The Morgan fingerprint density at radius 2 is 1.84 bits per heavy atom. The second kappa shape index (κ2) is 10.3. The van der Waals surface area contributed by atoms with Crippen molar-refractivity contribution in [1.29, 1.82) is 0 Å². The Balaban J connectivity index is 1.67. The zero-order chi connectivity index (χ0) is 18.1. The number of nitrogens with one attached hydrogen (secondary N) is 2. The Kier molecular flexibility index (Phi) is 8.46. The van der Waals surface area contributed by atoms with Gasteiger partial charge in [0.2, 0.25) is 0 Å². The smallest absolute Gasteiger partial charge is 0.191 e. The van der Waals surface area contributed by atoms with Gasteiger partial charge < -0.3 is 20.3 Å². The van der Waals surface area contributed by atoms with Crippen LogP contribution in [0.5, 0.6) is 0 Å². The van der Waals surface area contributed by atoms with Crippen LogP contribution in [0.15, 0.2) is 4.99 Å². The fourth-order valence-electron chi connectivity index (χ4n) is 3.86. The first kappa shape index (κ1) is 20.5. The summed E-state index contributed by atoms with van der Waals surface area (Å²) >= 11 is 0. The molecule has 0 amide bonds. The molecule has 1 aliphatic heterocycles. The first-order valence-corrected chi connectivity index (χ1v) is 10.0. The molecule has 25 heavy (non-hydrogen) atoms. The third-order valence-corrected chi connectivity index (χ3v) is 5.73. The Hall–Kier alpha value is -0.850. The van der Waals surface area contributed by atoms with Crippen LogP contribution in [0, 0.1) is 0 Å². The highest BCUT2D eigenvalue weighted by Crippen LogP contribution is 2.21. The molecule has 0 atom stereocenters. The van der Waals surface area contributed by atoms with Crippen molar-refractivity contribution in [2.45, 2.75) is 57.5 Å². The molecule has 6 heteroatoms. The molecule has 146 valence electrons. The number of likely N-dealkylation sites (N-methyl/N-ethyl adjacent to an activating group) is 1. The van der Waals surface area contributed by atoms with E-state index in [1.165, 1.54) is 32.1 Å². The van der Waals surface area contributed by atoms with E-state index in [9.17, 15) is 0 Å². The van der Waals surface area contributed by atoms with E-state index in [4.69, 9.17) is 4.74 Å². The van der Waals surface area contributed by atoms with Gasteiger partial charge in [-0.25, -0.2) is 0 Å². The summed E-state index contributed by atoms with van der Waals surface area (Å²) in [5.41, 5.74) is 0.0975. The van der Waals surface area contributed by atoms with E-state index in [1.54, 1.807) is 0 Å². The summed E-state index contributed by atoms with van der Waals surface area (Å²) in [6.45, 7) is 11.1. The summed E-state index contributed by atoms with van der Waals surface area (Å²) in [5.74, 6) is 0.901. The van der Waals surface area contributed by atoms with E-state index < -0.39 is 0 Å². The molecule has 1 saturated heterocycles. The van der Waals surface area contributed by atoms with Crippen molar-refractivity contribution in [3.05, 3.63) is 0 Å². The summed E-state index contributed by atoms with van der Waals surface area (Å²) in [6, 6.07) is 0.769. The lowest BCUT2D eigenvalue weighted by atomic mass is 9.94. The van der Waals surface area contributed by atoms with E-state index in [0.29, 0.717) is 0 Å². The number of morpholine rings is 1. The van der Waals surface area contributed by atoms with Crippen LogP contribution in [0.3, 0.4) is 0 Å². The molecule has 1 saturated carbocycles. The third kappa shape index (κ3) is 6.76. The second-order valence-corrected chi connectivity index (χ2v) is 8.04. The highest BCUT2D eigenvalue weighted by atomic mass is 16.5. The maximum atomic E-state index is 5.46. The average molecular weight is 354 g/mol. The van der Waals surface area contributed by atoms with Gasteiger partial charge in [0.1, 0.15) is 0 Å². The number of hydrogen-bond acceptors (Lipinski definition) is 4. The van der Waals surface area contributed by atoms with E-state index in [1.807, 2.05) is 7.05 Å². The van der Waals surface area contributed by atoms with Crippen molar-refractivity contribution < 1.29 is 4.74 Å². The second-order valence-electron chi connectivity index (χ2n) is 8.04. The molecule has 0 bridgehead atoms. The van der Waals surface area contributed by atoms with E-state index in [2.05, 4.69) is 46.3 Å². The van der Waals surface area contributed by atoms with Crippen molar-refractivity contribution in [2.24, 2.45) is 4.99 Å². The predicted octanol–water partition coefficient (Wildman–Crippen LogP) is 1.53. The number of ether oxygens (including phenoxy) is 1. The summed E-state index contributed by atoms with van der Waals surface area (Å²) in [7, 11) is 4.11. The molecule has 2 rings (SSSR count). The van der Waals surface area contributed by atoms with Crippen LogP contribution in [-0.2, 0) is 4.74 Å². The topological polar surface area (TPSA) is 52.1 Å². The van der Waals surface area contributed by atoms with Gasteiger partial charge >= 0.3 is 0 Å². The van der Waals surface area contributed by atoms with Crippen LogP contribution < -0.4 is 10.6 Å². The number of guanidine groups is 1. The molecular weight excluding hydrogens is 314 g/mol. The Morgan fingerprint density at radius 1 is 1.16 bits per heavy atom. The maximum Gasteiger partial charge on any atom is 0.191 e. The Bertz CT molecular complexity index is 401. The van der Waals surface area contributed by atoms with Crippen molar-refractivity contribution in [3.63, 3.8) is 0 Å². The largest absolute Gasteiger partial charge is 0.379 e. The summed E-state index contributed by atoms with van der Waals surface area (Å²) in [4.78, 5) is 9.38. The van der Waals surface area contributed by atoms with Gasteiger partial charge in [-0.05, 0) is 33.7 Å². The molecule has 2 N–H and O–H groups in total.